The van der Waals surface area contributed by atoms with E-state index < -0.39 is 12.1 Å². The van der Waals surface area contributed by atoms with Crippen LogP contribution in [-0.2, 0) is 6.54 Å². The van der Waals surface area contributed by atoms with E-state index >= 15 is 0 Å². The Morgan fingerprint density at radius 2 is 2.47 bits per heavy atom. The molecular formula is C13H14FN3O2. The Balaban J connectivity index is 1.98. The van der Waals surface area contributed by atoms with Crippen molar-refractivity contribution in [2.75, 3.05) is 13.1 Å². The highest BCUT2D eigenvalue weighted by Crippen LogP contribution is 2.26. The first kappa shape index (κ1) is 12.1. The fourth-order valence-electron chi connectivity index (χ4n) is 2.47. The number of carbonyl (C=O) groups excluding carboxylic acids is 1. The Kier molecular flexibility index (Phi) is 2.94. The number of pyridine rings is 1. The van der Waals surface area contributed by atoms with Crippen molar-refractivity contribution in [3.8, 4) is 0 Å². The molecule has 6 heteroatoms. The Morgan fingerprint density at radius 3 is 3.16 bits per heavy atom. The molecule has 0 bridgehead atoms. The third-order valence-corrected chi connectivity index (χ3v) is 3.35. The molecule has 1 saturated heterocycles. The molecule has 1 amide bonds. The van der Waals surface area contributed by atoms with Gasteiger partial charge in [-0.25, -0.2) is 4.39 Å². The third kappa shape index (κ3) is 2.19. The van der Waals surface area contributed by atoms with Crippen molar-refractivity contribution in [2.24, 2.45) is 5.73 Å². The molecular weight excluding hydrogens is 249 g/mol. The summed E-state index contributed by atoms with van der Waals surface area (Å²) in [7, 11) is 0. The molecule has 0 aliphatic carbocycles. The van der Waals surface area contributed by atoms with Gasteiger partial charge < -0.3 is 10.2 Å². The molecule has 1 atom stereocenters. The number of amides is 1. The summed E-state index contributed by atoms with van der Waals surface area (Å²) in [5.74, 6) is -0.0984. The van der Waals surface area contributed by atoms with Gasteiger partial charge in [-0.15, -0.1) is 0 Å². The topological polar surface area (TPSA) is 72.4 Å². The standard InChI is InChI=1S/C13H14FN3O2/c14-8-3-5-17(6-8)7-10-11(13(15)18)12-9(19-10)2-1-4-16-12/h1-2,4,8H,3,5-7H2,(H2,15,18)/t8-/m1/s1. The lowest BCUT2D eigenvalue weighted by molar-refractivity contribution is 0.0998. The summed E-state index contributed by atoms with van der Waals surface area (Å²) in [5, 5.41) is 0. The second-order valence-corrected chi connectivity index (χ2v) is 4.74. The van der Waals surface area contributed by atoms with E-state index in [1.54, 1.807) is 18.3 Å². The van der Waals surface area contributed by atoms with Crippen LogP contribution in [0.3, 0.4) is 0 Å². The number of fused-ring (bicyclic) bond motifs is 1. The Labute approximate surface area is 109 Å². The first-order valence-electron chi connectivity index (χ1n) is 6.18. The normalized spacial score (nSPS) is 20.2. The van der Waals surface area contributed by atoms with Gasteiger partial charge in [0.25, 0.3) is 5.91 Å². The lowest BCUT2D eigenvalue weighted by atomic mass is 10.2. The number of nitrogens with two attached hydrogens (primary N) is 1. The fraction of sp³-hybridized carbons (Fsp3) is 0.385. The van der Waals surface area contributed by atoms with Crippen LogP contribution in [0.5, 0.6) is 0 Å². The van der Waals surface area contributed by atoms with E-state index in [0.717, 1.165) is 0 Å². The number of carbonyl (C=O) groups is 1. The minimum atomic E-state index is -0.806. The van der Waals surface area contributed by atoms with Gasteiger partial charge in [-0.1, -0.05) is 0 Å². The highest BCUT2D eigenvalue weighted by Gasteiger charge is 2.26. The maximum Gasteiger partial charge on any atom is 0.254 e. The molecule has 2 aromatic heterocycles. The molecule has 1 aliphatic heterocycles. The number of likely N-dealkylation sites (tertiary alicyclic amines) is 1. The zero-order chi connectivity index (χ0) is 13.4. The molecule has 0 aromatic carbocycles. The van der Waals surface area contributed by atoms with Gasteiger partial charge in [0.15, 0.2) is 5.58 Å². The van der Waals surface area contributed by atoms with Crippen molar-refractivity contribution >= 4 is 17.0 Å². The van der Waals surface area contributed by atoms with Crippen LogP contribution in [0.4, 0.5) is 4.39 Å². The molecule has 2 aromatic rings. The van der Waals surface area contributed by atoms with Crippen LogP contribution in [0.25, 0.3) is 11.1 Å². The average Bonchev–Trinajstić information content (AvgIpc) is 2.92. The van der Waals surface area contributed by atoms with E-state index in [0.29, 0.717) is 48.5 Å². The van der Waals surface area contributed by atoms with Crippen LogP contribution in [-0.4, -0.2) is 35.1 Å². The first-order chi connectivity index (χ1) is 9.15. The fourth-order valence-corrected chi connectivity index (χ4v) is 2.47. The summed E-state index contributed by atoms with van der Waals surface area (Å²) in [5.41, 5.74) is 6.70. The van der Waals surface area contributed by atoms with Crippen LogP contribution in [0.15, 0.2) is 22.7 Å². The second-order valence-electron chi connectivity index (χ2n) is 4.74. The molecule has 0 unspecified atom stereocenters. The number of alkyl halides is 1. The van der Waals surface area contributed by atoms with Crippen molar-refractivity contribution in [3.63, 3.8) is 0 Å². The van der Waals surface area contributed by atoms with E-state index in [-0.39, 0.29) is 0 Å². The molecule has 1 fully saturated rings. The average molecular weight is 263 g/mol. The quantitative estimate of drug-likeness (QED) is 0.910. The molecule has 3 heterocycles. The largest absolute Gasteiger partial charge is 0.457 e. The number of nitrogens with zero attached hydrogens (tertiary/aromatic N) is 2. The Bertz CT molecular complexity index is 625. The molecule has 19 heavy (non-hydrogen) atoms. The summed E-state index contributed by atoms with van der Waals surface area (Å²) >= 11 is 0. The number of rotatable bonds is 3. The molecule has 3 rings (SSSR count). The first-order valence-corrected chi connectivity index (χ1v) is 6.18. The minimum absolute atomic E-state index is 0.304. The molecule has 1 aliphatic rings. The number of aromatic nitrogens is 1. The van der Waals surface area contributed by atoms with Crippen molar-refractivity contribution in [3.05, 3.63) is 29.7 Å². The molecule has 0 spiro atoms. The van der Waals surface area contributed by atoms with Gasteiger partial charge in [-0.05, 0) is 18.6 Å². The smallest absolute Gasteiger partial charge is 0.254 e. The van der Waals surface area contributed by atoms with Gasteiger partial charge >= 0.3 is 0 Å². The number of halogens is 1. The van der Waals surface area contributed by atoms with E-state index in [4.69, 9.17) is 10.2 Å². The predicted octanol–water partition coefficient (Wildman–Crippen LogP) is 1.47. The zero-order valence-electron chi connectivity index (χ0n) is 10.3. The highest BCUT2D eigenvalue weighted by molar-refractivity contribution is 6.04. The van der Waals surface area contributed by atoms with Gasteiger partial charge in [0.05, 0.1) is 6.54 Å². The van der Waals surface area contributed by atoms with Crippen molar-refractivity contribution in [1.82, 2.24) is 9.88 Å². The molecule has 2 N–H and O–H groups in total. The number of primary amides is 1. The lowest BCUT2D eigenvalue weighted by Crippen LogP contribution is -2.22. The number of furan rings is 1. The van der Waals surface area contributed by atoms with E-state index in [9.17, 15) is 9.18 Å². The van der Waals surface area contributed by atoms with Crippen molar-refractivity contribution < 1.29 is 13.6 Å². The monoisotopic (exact) mass is 263 g/mol. The van der Waals surface area contributed by atoms with Gasteiger partial charge in [0.2, 0.25) is 0 Å². The van der Waals surface area contributed by atoms with Crippen LogP contribution < -0.4 is 5.73 Å². The lowest BCUT2D eigenvalue weighted by Gasteiger charge is -2.12. The second kappa shape index (κ2) is 4.62. The maximum absolute atomic E-state index is 13.2. The van der Waals surface area contributed by atoms with Crippen LogP contribution in [0.1, 0.15) is 22.5 Å². The highest BCUT2D eigenvalue weighted by atomic mass is 19.1. The molecule has 0 radical (unpaired) electrons. The van der Waals surface area contributed by atoms with Crippen LogP contribution in [0.2, 0.25) is 0 Å². The third-order valence-electron chi connectivity index (χ3n) is 3.35. The summed E-state index contributed by atoms with van der Waals surface area (Å²) in [6.07, 6.45) is 1.30. The van der Waals surface area contributed by atoms with E-state index in [2.05, 4.69) is 4.98 Å². The van der Waals surface area contributed by atoms with Gasteiger partial charge in [0, 0.05) is 19.3 Å². The summed E-state index contributed by atoms with van der Waals surface area (Å²) in [4.78, 5) is 17.6. The van der Waals surface area contributed by atoms with Crippen LogP contribution in [0, 0.1) is 0 Å². The maximum atomic E-state index is 13.2. The molecule has 5 nitrogen and oxygen atoms in total. The zero-order valence-corrected chi connectivity index (χ0v) is 10.3. The van der Waals surface area contributed by atoms with Crippen molar-refractivity contribution in [1.29, 1.82) is 0 Å². The number of hydrogen-bond acceptors (Lipinski definition) is 4. The Hall–Kier alpha value is -1.95. The number of hydrogen-bond donors (Lipinski definition) is 1. The van der Waals surface area contributed by atoms with Gasteiger partial charge in [-0.3, -0.25) is 14.7 Å². The minimum Gasteiger partial charge on any atom is -0.457 e. The van der Waals surface area contributed by atoms with Crippen molar-refractivity contribution in [2.45, 2.75) is 19.1 Å². The van der Waals surface area contributed by atoms with Gasteiger partial charge in [-0.2, -0.15) is 0 Å². The molecule has 0 saturated carbocycles. The summed E-state index contributed by atoms with van der Waals surface area (Å²) in [6, 6.07) is 3.47. The SMILES string of the molecule is NC(=O)c1c(CN2CC[C@@H](F)C2)oc2cccnc12. The predicted molar refractivity (Wildman–Crippen MR) is 67.3 cm³/mol. The Morgan fingerprint density at radius 1 is 1.63 bits per heavy atom. The van der Waals surface area contributed by atoms with Crippen LogP contribution >= 0.6 is 0 Å². The van der Waals surface area contributed by atoms with Gasteiger partial charge in [0.1, 0.15) is 23.0 Å². The molecule has 100 valence electrons. The van der Waals surface area contributed by atoms with E-state index in [1.807, 2.05) is 4.90 Å². The summed E-state index contributed by atoms with van der Waals surface area (Å²) < 4.78 is 18.8. The summed E-state index contributed by atoms with van der Waals surface area (Å²) in [6.45, 7) is 1.40. The van der Waals surface area contributed by atoms with E-state index in [1.165, 1.54) is 0 Å².